The first-order valence-corrected chi connectivity index (χ1v) is 5.94. The molecule has 0 spiro atoms. The second kappa shape index (κ2) is 5.40. The lowest BCUT2D eigenvalue weighted by atomic mass is 10.1. The molecule has 0 saturated carbocycles. The minimum absolute atomic E-state index is 0.0229. The van der Waals surface area contributed by atoms with Gasteiger partial charge in [-0.1, -0.05) is 4.49 Å². The van der Waals surface area contributed by atoms with E-state index in [-0.39, 0.29) is 11.3 Å². The number of carbonyl (C=O) groups excluding carboxylic acids is 1. The van der Waals surface area contributed by atoms with Gasteiger partial charge in [0.05, 0.1) is 11.1 Å². The van der Waals surface area contributed by atoms with E-state index in [9.17, 15) is 14.9 Å². The third-order valence-corrected chi connectivity index (χ3v) is 2.90. The Bertz CT molecular complexity index is 614. The van der Waals surface area contributed by atoms with E-state index in [1.54, 1.807) is 7.05 Å². The Morgan fingerprint density at radius 1 is 1.47 bits per heavy atom. The lowest BCUT2D eigenvalue weighted by Crippen LogP contribution is -2.13. The summed E-state index contributed by atoms with van der Waals surface area (Å²) < 4.78 is 3.59. The third-order valence-electron chi connectivity index (χ3n) is 2.32. The van der Waals surface area contributed by atoms with Gasteiger partial charge in [-0.3, -0.25) is 14.9 Å². The van der Waals surface area contributed by atoms with Crippen LogP contribution in [0.1, 0.15) is 10.4 Å². The molecule has 8 nitrogen and oxygen atoms in total. The van der Waals surface area contributed by atoms with E-state index in [1.807, 2.05) is 0 Å². The van der Waals surface area contributed by atoms with E-state index >= 15 is 0 Å². The van der Waals surface area contributed by atoms with Crippen LogP contribution in [-0.2, 0) is 0 Å². The van der Waals surface area contributed by atoms with Crippen LogP contribution < -0.4 is 10.6 Å². The summed E-state index contributed by atoms with van der Waals surface area (Å²) in [6.07, 6.45) is 1.37. The second-order valence-electron chi connectivity index (χ2n) is 3.47. The van der Waals surface area contributed by atoms with Crippen LogP contribution in [-0.4, -0.2) is 27.5 Å². The molecule has 1 amide bonds. The minimum Gasteiger partial charge on any atom is -0.388 e. The first kappa shape index (κ1) is 12.9. The molecule has 0 radical (unpaired) electrons. The highest BCUT2D eigenvalue weighted by atomic mass is 32.1. The molecular weight excluding hydrogens is 270 g/mol. The van der Waals surface area contributed by atoms with Crippen LogP contribution in [0.25, 0.3) is 0 Å². The molecular formula is C10H9N5O3S. The van der Waals surface area contributed by atoms with Crippen LogP contribution in [0.4, 0.5) is 16.4 Å². The molecule has 1 heterocycles. The molecule has 9 heteroatoms. The normalized spacial score (nSPS) is 9.95. The third kappa shape index (κ3) is 2.83. The SMILES string of the molecule is CNc1ccc([N+](=O)[O-])c(C(=O)Nc2cnns2)c1. The molecule has 2 N–H and O–H groups in total. The Morgan fingerprint density at radius 3 is 2.84 bits per heavy atom. The van der Waals surface area contributed by atoms with Crippen molar-refractivity contribution in [1.29, 1.82) is 0 Å². The largest absolute Gasteiger partial charge is 0.388 e. The number of carbonyl (C=O) groups is 1. The molecule has 1 aromatic heterocycles. The lowest BCUT2D eigenvalue weighted by molar-refractivity contribution is -0.385. The average molecular weight is 279 g/mol. The summed E-state index contributed by atoms with van der Waals surface area (Å²) in [6.45, 7) is 0. The molecule has 0 bridgehead atoms. The minimum atomic E-state index is -0.598. The summed E-state index contributed by atoms with van der Waals surface area (Å²) in [4.78, 5) is 22.3. The zero-order valence-corrected chi connectivity index (χ0v) is 10.6. The maximum Gasteiger partial charge on any atom is 0.282 e. The fourth-order valence-electron chi connectivity index (χ4n) is 1.43. The van der Waals surface area contributed by atoms with Crippen LogP contribution in [0.5, 0.6) is 0 Å². The topological polar surface area (TPSA) is 110 Å². The summed E-state index contributed by atoms with van der Waals surface area (Å²) in [5, 5.41) is 20.2. The van der Waals surface area contributed by atoms with Gasteiger partial charge in [0.15, 0.2) is 0 Å². The summed E-state index contributed by atoms with van der Waals surface area (Å²) in [6, 6.07) is 4.23. The number of benzene rings is 1. The second-order valence-corrected chi connectivity index (χ2v) is 4.26. The Morgan fingerprint density at radius 2 is 2.26 bits per heavy atom. The molecule has 0 saturated heterocycles. The Balaban J connectivity index is 2.35. The molecule has 19 heavy (non-hydrogen) atoms. The van der Waals surface area contributed by atoms with Crippen molar-refractivity contribution in [3.63, 3.8) is 0 Å². The summed E-state index contributed by atoms with van der Waals surface area (Å²) in [5.41, 5.74) is 0.331. The fourth-order valence-corrected chi connectivity index (χ4v) is 1.85. The maximum absolute atomic E-state index is 12.0. The molecule has 0 atom stereocenters. The van der Waals surface area contributed by atoms with Gasteiger partial charge in [0.2, 0.25) is 0 Å². The molecule has 0 aliphatic carbocycles. The van der Waals surface area contributed by atoms with Crippen molar-refractivity contribution in [2.45, 2.75) is 0 Å². The quantitative estimate of drug-likeness (QED) is 0.651. The van der Waals surface area contributed by atoms with Crippen LogP contribution >= 0.6 is 11.5 Å². The van der Waals surface area contributed by atoms with Gasteiger partial charge in [0, 0.05) is 30.3 Å². The predicted octanol–water partition coefficient (Wildman–Crippen LogP) is 1.74. The van der Waals surface area contributed by atoms with Gasteiger partial charge in [0.25, 0.3) is 11.6 Å². The van der Waals surface area contributed by atoms with Crippen LogP contribution in [0.15, 0.2) is 24.4 Å². The smallest absolute Gasteiger partial charge is 0.282 e. The van der Waals surface area contributed by atoms with Crippen molar-refractivity contribution in [3.8, 4) is 0 Å². The monoisotopic (exact) mass is 279 g/mol. The molecule has 0 unspecified atom stereocenters. The van der Waals surface area contributed by atoms with E-state index < -0.39 is 10.8 Å². The number of amides is 1. The number of anilines is 2. The molecule has 0 fully saturated rings. The first-order chi connectivity index (χ1) is 9.11. The number of nitro benzene ring substituents is 1. The Kier molecular flexibility index (Phi) is 3.66. The zero-order chi connectivity index (χ0) is 13.8. The molecule has 98 valence electrons. The van der Waals surface area contributed by atoms with Gasteiger partial charge in [-0.15, -0.1) is 5.10 Å². The summed E-state index contributed by atoms with van der Waals surface area (Å²) >= 11 is 0.992. The highest BCUT2D eigenvalue weighted by Crippen LogP contribution is 2.24. The fraction of sp³-hybridized carbons (Fsp3) is 0.100. The van der Waals surface area contributed by atoms with Gasteiger partial charge in [-0.2, -0.15) is 0 Å². The zero-order valence-electron chi connectivity index (χ0n) is 9.78. The van der Waals surface area contributed by atoms with Crippen molar-refractivity contribution >= 4 is 33.8 Å². The van der Waals surface area contributed by atoms with Crippen LogP contribution in [0.3, 0.4) is 0 Å². The number of nitrogens with zero attached hydrogens (tertiary/aromatic N) is 3. The van der Waals surface area contributed by atoms with Gasteiger partial charge in [-0.25, -0.2) is 0 Å². The maximum atomic E-state index is 12.0. The molecule has 0 aliphatic rings. The highest BCUT2D eigenvalue weighted by molar-refractivity contribution is 7.10. The van der Waals surface area contributed by atoms with Crippen molar-refractivity contribution in [1.82, 2.24) is 9.59 Å². The van der Waals surface area contributed by atoms with Gasteiger partial charge < -0.3 is 10.6 Å². The lowest BCUT2D eigenvalue weighted by Gasteiger charge is -2.05. The van der Waals surface area contributed by atoms with E-state index in [0.29, 0.717) is 10.7 Å². The van der Waals surface area contributed by atoms with Gasteiger partial charge in [0.1, 0.15) is 10.6 Å². The molecule has 2 aromatic rings. The van der Waals surface area contributed by atoms with Crippen LogP contribution in [0, 0.1) is 10.1 Å². The molecule has 2 rings (SSSR count). The number of nitrogens with one attached hydrogen (secondary N) is 2. The summed E-state index contributed by atoms with van der Waals surface area (Å²) in [5.74, 6) is -0.574. The van der Waals surface area contributed by atoms with Gasteiger partial charge >= 0.3 is 0 Å². The average Bonchev–Trinajstić information content (AvgIpc) is 2.90. The van der Waals surface area contributed by atoms with Crippen molar-refractivity contribution in [3.05, 3.63) is 40.1 Å². The van der Waals surface area contributed by atoms with Crippen molar-refractivity contribution in [2.75, 3.05) is 17.7 Å². The number of rotatable bonds is 4. The number of hydrogen-bond acceptors (Lipinski definition) is 7. The number of nitro groups is 1. The van der Waals surface area contributed by atoms with E-state index in [2.05, 4.69) is 20.2 Å². The molecule has 0 aliphatic heterocycles. The Labute approximate surface area is 111 Å². The highest BCUT2D eigenvalue weighted by Gasteiger charge is 2.21. The first-order valence-electron chi connectivity index (χ1n) is 5.16. The Hall–Kier alpha value is -2.55. The van der Waals surface area contributed by atoms with E-state index in [4.69, 9.17) is 0 Å². The van der Waals surface area contributed by atoms with Crippen molar-refractivity contribution < 1.29 is 9.72 Å². The number of aromatic nitrogens is 2. The van der Waals surface area contributed by atoms with E-state index in [1.165, 1.54) is 24.4 Å². The summed E-state index contributed by atoms with van der Waals surface area (Å²) in [7, 11) is 1.66. The van der Waals surface area contributed by atoms with Crippen LogP contribution in [0.2, 0.25) is 0 Å². The predicted molar refractivity (Wildman–Crippen MR) is 70.5 cm³/mol. The van der Waals surface area contributed by atoms with E-state index in [0.717, 1.165) is 11.5 Å². The number of hydrogen-bond donors (Lipinski definition) is 2. The molecule has 1 aromatic carbocycles. The standard InChI is InChI=1S/C10H9N5O3S/c1-11-6-2-3-8(15(17)18)7(4-6)10(16)13-9-5-12-14-19-9/h2-5,11H,1H3,(H,13,16). The van der Waals surface area contributed by atoms with Crippen molar-refractivity contribution in [2.24, 2.45) is 0 Å². The van der Waals surface area contributed by atoms with Gasteiger partial charge in [-0.05, 0) is 12.1 Å².